The van der Waals surface area contributed by atoms with Crippen molar-refractivity contribution in [3.05, 3.63) is 47.5 Å². The van der Waals surface area contributed by atoms with Crippen molar-refractivity contribution in [2.24, 2.45) is 11.8 Å². The third kappa shape index (κ3) is 7.24. The van der Waals surface area contributed by atoms with Crippen LogP contribution in [-0.2, 0) is 0 Å². The zero-order chi connectivity index (χ0) is 24.9. The van der Waals surface area contributed by atoms with E-state index in [0.717, 1.165) is 37.8 Å². The molecule has 2 saturated carbocycles. The largest absolute Gasteiger partial charge is 0.489 e. The number of carbonyl (C=O) groups is 2. The van der Waals surface area contributed by atoms with Gasteiger partial charge in [-0.15, -0.1) is 0 Å². The summed E-state index contributed by atoms with van der Waals surface area (Å²) in [7, 11) is 0. The topological polar surface area (TPSA) is 83.1 Å². The first-order chi connectivity index (χ1) is 16.8. The molecule has 2 aromatic rings. The van der Waals surface area contributed by atoms with Crippen LogP contribution in [0, 0.1) is 11.8 Å². The molecule has 0 aliphatic heterocycles. The molecule has 2 fully saturated rings. The summed E-state index contributed by atoms with van der Waals surface area (Å²) in [6.45, 7) is -5.57. The molecule has 2 amide bonds. The van der Waals surface area contributed by atoms with Gasteiger partial charge < -0.3 is 18.9 Å². The van der Waals surface area contributed by atoms with Crippen LogP contribution in [0.5, 0.6) is 23.0 Å². The average Bonchev–Trinajstić information content (AvgIpc) is 3.72. The van der Waals surface area contributed by atoms with E-state index in [2.05, 4.69) is 14.8 Å². The van der Waals surface area contributed by atoms with Crippen LogP contribution in [0.15, 0.2) is 36.4 Å². The SMILES string of the molecule is O=C(NC(=O)c1ccc(OC(F)F)c(OCC2CC2)c1)c1ccc(OC(F)F)c(OCC2CC2)c1. The second-order valence-electron chi connectivity index (χ2n) is 8.37. The molecule has 0 spiro atoms. The Morgan fingerprint density at radius 2 is 1.11 bits per heavy atom. The number of halogens is 4. The number of nitrogens with one attached hydrogen (secondary N) is 1. The van der Waals surface area contributed by atoms with E-state index in [1.54, 1.807) is 0 Å². The quantitative estimate of drug-likeness (QED) is 0.327. The summed E-state index contributed by atoms with van der Waals surface area (Å²) >= 11 is 0. The number of carbonyl (C=O) groups excluding carboxylic acids is 2. The number of imide groups is 1. The Morgan fingerprint density at radius 1 is 0.714 bits per heavy atom. The molecule has 2 aliphatic rings. The van der Waals surface area contributed by atoms with Crippen LogP contribution in [0.1, 0.15) is 46.4 Å². The second kappa shape index (κ2) is 10.8. The van der Waals surface area contributed by atoms with Gasteiger partial charge in [-0.25, -0.2) is 0 Å². The van der Waals surface area contributed by atoms with Gasteiger partial charge in [0, 0.05) is 11.1 Å². The Balaban J connectivity index is 1.46. The van der Waals surface area contributed by atoms with Crippen molar-refractivity contribution < 1.29 is 46.1 Å². The van der Waals surface area contributed by atoms with Gasteiger partial charge in [-0.05, 0) is 73.9 Å². The zero-order valence-corrected chi connectivity index (χ0v) is 18.5. The van der Waals surface area contributed by atoms with Gasteiger partial charge in [0.2, 0.25) is 0 Å². The third-order valence-corrected chi connectivity index (χ3v) is 5.41. The normalized spacial score (nSPS) is 15.1. The van der Waals surface area contributed by atoms with Gasteiger partial charge in [-0.2, -0.15) is 17.6 Å². The summed E-state index contributed by atoms with van der Waals surface area (Å²) in [5, 5.41) is 2.17. The summed E-state index contributed by atoms with van der Waals surface area (Å²) in [5.41, 5.74) is -0.0396. The summed E-state index contributed by atoms with van der Waals surface area (Å²) in [5.74, 6) is -1.52. The molecule has 1 N–H and O–H groups in total. The van der Waals surface area contributed by atoms with Gasteiger partial charge >= 0.3 is 13.2 Å². The van der Waals surface area contributed by atoms with Gasteiger partial charge in [-0.3, -0.25) is 14.9 Å². The molecule has 35 heavy (non-hydrogen) atoms. The van der Waals surface area contributed by atoms with Crippen molar-refractivity contribution in [2.75, 3.05) is 13.2 Å². The van der Waals surface area contributed by atoms with E-state index in [-0.39, 0.29) is 34.1 Å². The monoisotopic (exact) mass is 497 g/mol. The average molecular weight is 497 g/mol. The van der Waals surface area contributed by atoms with Gasteiger partial charge in [0.1, 0.15) is 0 Å². The molecule has 0 radical (unpaired) electrons. The van der Waals surface area contributed by atoms with Gasteiger partial charge in [0.25, 0.3) is 11.8 Å². The minimum Gasteiger partial charge on any atom is -0.489 e. The summed E-state index contributed by atoms with van der Waals surface area (Å²) in [4.78, 5) is 25.3. The van der Waals surface area contributed by atoms with Crippen molar-refractivity contribution in [3.8, 4) is 23.0 Å². The maximum absolute atomic E-state index is 12.7. The van der Waals surface area contributed by atoms with Gasteiger partial charge in [0.15, 0.2) is 23.0 Å². The lowest BCUT2D eigenvalue weighted by atomic mass is 10.1. The molecular formula is C24H23F4NO6. The van der Waals surface area contributed by atoms with Crippen molar-refractivity contribution in [1.29, 1.82) is 0 Å². The highest BCUT2D eigenvalue weighted by Crippen LogP contribution is 2.35. The molecule has 0 heterocycles. The smallest absolute Gasteiger partial charge is 0.387 e. The highest BCUT2D eigenvalue weighted by atomic mass is 19.3. The molecule has 7 nitrogen and oxygen atoms in total. The van der Waals surface area contributed by atoms with E-state index in [0.29, 0.717) is 25.0 Å². The van der Waals surface area contributed by atoms with E-state index < -0.39 is 25.0 Å². The molecule has 0 atom stereocenters. The maximum atomic E-state index is 12.7. The van der Waals surface area contributed by atoms with Crippen LogP contribution >= 0.6 is 0 Å². The molecule has 2 aliphatic carbocycles. The molecule has 188 valence electrons. The number of amides is 2. The number of hydrogen-bond acceptors (Lipinski definition) is 6. The summed E-state index contributed by atoms with van der Waals surface area (Å²) in [6.07, 6.45) is 3.86. The maximum Gasteiger partial charge on any atom is 0.387 e. The first-order valence-corrected chi connectivity index (χ1v) is 11.1. The standard InChI is InChI=1S/C24H23F4NO6/c25-23(26)34-17-7-5-15(9-19(17)32-11-13-1-2-13)21(30)29-22(31)16-6-8-18(35-24(27)28)20(10-16)33-12-14-3-4-14/h5-10,13-14,23-24H,1-4,11-12H2,(H,29,30,31). The summed E-state index contributed by atoms with van der Waals surface area (Å²) < 4.78 is 70.8. The van der Waals surface area contributed by atoms with Gasteiger partial charge in [-0.1, -0.05) is 0 Å². The van der Waals surface area contributed by atoms with Crippen molar-refractivity contribution in [3.63, 3.8) is 0 Å². The van der Waals surface area contributed by atoms with Crippen LogP contribution in [-0.4, -0.2) is 38.3 Å². The van der Waals surface area contributed by atoms with Crippen LogP contribution in [0.3, 0.4) is 0 Å². The van der Waals surface area contributed by atoms with E-state index in [9.17, 15) is 27.2 Å². The molecule has 0 aromatic heterocycles. The predicted octanol–water partition coefficient (Wildman–Crippen LogP) is 5.04. The highest BCUT2D eigenvalue weighted by molar-refractivity contribution is 6.10. The van der Waals surface area contributed by atoms with E-state index in [1.165, 1.54) is 24.3 Å². The van der Waals surface area contributed by atoms with Crippen LogP contribution in [0.4, 0.5) is 17.6 Å². The number of alkyl halides is 4. The fourth-order valence-electron chi connectivity index (χ4n) is 3.14. The molecule has 2 aromatic carbocycles. The van der Waals surface area contributed by atoms with Crippen molar-refractivity contribution in [2.45, 2.75) is 38.9 Å². The van der Waals surface area contributed by atoms with E-state index in [1.807, 2.05) is 0 Å². The Labute approximate surface area is 198 Å². The Bertz CT molecular complexity index is 988. The molecule has 0 bridgehead atoms. The van der Waals surface area contributed by atoms with Crippen molar-refractivity contribution >= 4 is 11.8 Å². The predicted molar refractivity (Wildman–Crippen MR) is 114 cm³/mol. The zero-order valence-electron chi connectivity index (χ0n) is 18.5. The van der Waals surface area contributed by atoms with Crippen LogP contribution < -0.4 is 24.3 Å². The van der Waals surface area contributed by atoms with E-state index in [4.69, 9.17) is 9.47 Å². The Morgan fingerprint density at radius 3 is 1.46 bits per heavy atom. The lowest BCUT2D eigenvalue weighted by molar-refractivity contribution is -0.0521. The molecule has 0 saturated heterocycles. The minimum atomic E-state index is -3.08. The lowest BCUT2D eigenvalue weighted by Gasteiger charge is -2.14. The Kier molecular flexibility index (Phi) is 7.62. The minimum absolute atomic E-state index is 0.0198. The van der Waals surface area contributed by atoms with E-state index >= 15 is 0 Å². The molecule has 4 rings (SSSR count). The number of ether oxygens (including phenoxy) is 4. The molecule has 0 unspecified atom stereocenters. The lowest BCUT2D eigenvalue weighted by Crippen LogP contribution is -2.30. The first-order valence-electron chi connectivity index (χ1n) is 11.1. The highest BCUT2D eigenvalue weighted by Gasteiger charge is 2.25. The van der Waals surface area contributed by atoms with Crippen LogP contribution in [0.25, 0.3) is 0 Å². The second-order valence-corrected chi connectivity index (χ2v) is 8.37. The number of benzene rings is 2. The molecular weight excluding hydrogens is 474 g/mol. The Hall–Kier alpha value is -3.50. The third-order valence-electron chi connectivity index (χ3n) is 5.41. The number of rotatable bonds is 12. The fourth-order valence-corrected chi connectivity index (χ4v) is 3.14. The first kappa shape index (κ1) is 24.6. The van der Waals surface area contributed by atoms with Crippen LogP contribution in [0.2, 0.25) is 0 Å². The van der Waals surface area contributed by atoms with Gasteiger partial charge in [0.05, 0.1) is 13.2 Å². The number of hydrogen-bond donors (Lipinski definition) is 1. The molecule has 11 heteroatoms. The summed E-state index contributed by atoms with van der Waals surface area (Å²) in [6, 6.07) is 7.18. The van der Waals surface area contributed by atoms with Crippen molar-refractivity contribution in [1.82, 2.24) is 5.32 Å². The fraction of sp³-hybridized carbons (Fsp3) is 0.417.